The highest BCUT2D eigenvalue weighted by molar-refractivity contribution is 5.84. The Kier molecular flexibility index (Phi) is 11.7. The predicted octanol–water partition coefficient (Wildman–Crippen LogP) is 3.90. The van der Waals surface area contributed by atoms with Gasteiger partial charge in [0.1, 0.15) is 5.78 Å². The Bertz CT molecular complexity index is 572. The summed E-state index contributed by atoms with van der Waals surface area (Å²) in [5, 5.41) is 20.3. The van der Waals surface area contributed by atoms with Gasteiger partial charge in [0, 0.05) is 25.2 Å². The molecule has 5 heteroatoms. The molecule has 1 aliphatic carbocycles. The average Bonchev–Trinajstić information content (AvgIpc) is 2.87. The van der Waals surface area contributed by atoms with E-state index < -0.39 is 12.2 Å². The van der Waals surface area contributed by atoms with Crippen LogP contribution in [0.3, 0.4) is 0 Å². The number of carbonyl (C=O) groups excluding carboxylic acids is 2. The van der Waals surface area contributed by atoms with E-state index in [1.165, 1.54) is 12.5 Å². The monoisotopic (exact) mass is 392 g/mol. The van der Waals surface area contributed by atoms with Crippen molar-refractivity contribution in [1.29, 1.82) is 0 Å². The zero-order chi connectivity index (χ0) is 20.9. The summed E-state index contributed by atoms with van der Waals surface area (Å²) in [6, 6.07) is 0. The third-order valence-corrected chi connectivity index (χ3v) is 4.93. The Morgan fingerprint density at radius 3 is 2.64 bits per heavy atom. The molecule has 0 amide bonds. The van der Waals surface area contributed by atoms with Crippen LogP contribution in [0.1, 0.15) is 65.7 Å². The lowest BCUT2D eigenvalue weighted by Crippen LogP contribution is -2.18. The molecule has 1 aliphatic rings. The van der Waals surface area contributed by atoms with E-state index in [2.05, 4.69) is 6.08 Å². The number of aliphatic hydroxyl groups is 2. The zero-order valence-electron chi connectivity index (χ0n) is 17.5. The first kappa shape index (κ1) is 24.3. The summed E-state index contributed by atoms with van der Waals surface area (Å²) in [7, 11) is 0. The van der Waals surface area contributed by atoms with Gasteiger partial charge in [-0.05, 0) is 52.4 Å². The van der Waals surface area contributed by atoms with Gasteiger partial charge in [-0.2, -0.15) is 0 Å². The maximum Gasteiger partial charge on any atom is 0.302 e. The zero-order valence-corrected chi connectivity index (χ0v) is 17.5. The number of ketones is 1. The number of ether oxygens (including phenoxy) is 1. The largest absolute Gasteiger partial charge is 0.466 e. The number of esters is 1. The molecule has 158 valence electrons. The van der Waals surface area contributed by atoms with E-state index in [-0.39, 0.29) is 30.0 Å². The van der Waals surface area contributed by atoms with Gasteiger partial charge in [0.2, 0.25) is 0 Å². The summed E-state index contributed by atoms with van der Waals surface area (Å²) in [4.78, 5) is 22.9. The highest BCUT2D eigenvalue weighted by Gasteiger charge is 2.39. The second kappa shape index (κ2) is 13.5. The molecule has 0 radical (unpaired) electrons. The van der Waals surface area contributed by atoms with Crippen LogP contribution in [0.25, 0.3) is 0 Å². The van der Waals surface area contributed by atoms with Crippen LogP contribution in [0.4, 0.5) is 0 Å². The maximum absolute atomic E-state index is 12.2. The van der Waals surface area contributed by atoms with E-state index in [1.54, 1.807) is 6.08 Å². The summed E-state index contributed by atoms with van der Waals surface area (Å²) in [6.45, 7) is 5.90. The number of aliphatic hydroxyl groups excluding tert-OH is 2. The molecule has 2 N–H and O–H groups in total. The third-order valence-electron chi connectivity index (χ3n) is 4.93. The quantitative estimate of drug-likeness (QED) is 0.299. The summed E-state index contributed by atoms with van der Waals surface area (Å²) in [5.41, 5.74) is 1.23. The molecule has 4 atom stereocenters. The van der Waals surface area contributed by atoms with E-state index in [0.29, 0.717) is 19.4 Å². The van der Waals surface area contributed by atoms with Crippen molar-refractivity contribution in [3.8, 4) is 0 Å². The fourth-order valence-electron chi connectivity index (χ4n) is 3.36. The van der Waals surface area contributed by atoms with Gasteiger partial charge < -0.3 is 14.9 Å². The van der Waals surface area contributed by atoms with Gasteiger partial charge in [-0.1, -0.05) is 36.0 Å². The Morgan fingerprint density at radius 1 is 1.21 bits per heavy atom. The highest BCUT2D eigenvalue weighted by atomic mass is 16.5. The molecule has 0 unspecified atom stereocenters. The molecule has 1 fully saturated rings. The standard InChI is InChI=1S/C23H36O5/c1-17(2)10-9-11-19(25)13-14-21-20(22(26)16-23(21)27)12-7-5-4-6-8-15-28-18(3)24/h5,7,10,13-14,19-21,23,25,27H,4,6,8-9,11-12,15-16H2,1-3H3/t19-,20-,21-,23-/m1/s1. The number of carbonyl (C=O) groups is 2. The molecular formula is C23H36O5. The molecule has 5 nitrogen and oxygen atoms in total. The molecule has 0 aromatic rings. The number of unbranched alkanes of at least 4 members (excludes halogenated alkanes) is 2. The number of hydrogen-bond donors (Lipinski definition) is 2. The van der Waals surface area contributed by atoms with Crippen LogP contribution in [0.15, 0.2) is 36.0 Å². The maximum atomic E-state index is 12.2. The highest BCUT2D eigenvalue weighted by Crippen LogP contribution is 2.33. The molecule has 1 rings (SSSR count). The van der Waals surface area contributed by atoms with Gasteiger partial charge in [-0.3, -0.25) is 9.59 Å². The molecule has 0 bridgehead atoms. The van der Waals surface area contributed by atoms with Gasteiger partial charge in [-0.15, -0.1) is 0 Å². The first-order chi connectivity index (χ1) is 13.3. The lowest BCUT2D eigenvalue weighted by atomic mass is 9.90. The van der Waals surface area contributed by atoms with E-state index in [4.69, 9.17) is 4.74 Å². The topological polar surface area (TPSA) is 83.8 Å². The van der Waals surface area contributed by atoms with E-state index in [9.17, 15) is 19.8 Å². The normalized spacial score (nSPS) is 23.5. The van der Waals surface area contributed by atoms with Crippen LogP contribution < -0.4 is 0 Å². The van der Waals surface area contributed by atoms with Gasteiger partial charge in [0.25, 0.3) is 0 Å². The molecular weight excluding hydrogens is 356 g/mol. The minimum absolute atomic E-state index is 0.0840. The first-order valence-electron chi connectivity index (χ1n) is 10.3. The molecule has 0 spiro atoms. The van der Waals surface area contributed by atoms with Crippen molar-refractivity contribution in [2.75, 3.05) is 6.61 Å². The number of hydrogen-bond acceptors (Lipinski definition) is 5. The van der Waals surface area contributed by atoms with Crippen molar-refractivity contribution in [3.63, 3.8) is 0 Å². The molecule has 0 aromatic heterocycles. The summed E-state index contributed by atoms with van der Waals surface area (Å²) >= 11 is 0. The van der Waals surface area contributed by atoms with Crippen molar-refractivity contribution < 1.29 is 24.5 Å². The minimum Gasteiger partial charge on any atom is -0.466 e. The van der Waals surface area contributed by atoms with E-state index in [0.717, 1.165) is 25.7 Å². The molecule has 0 aromatic carbocycles. The molecule has 1 saturated carbocycles. The van der Waals surface area contributed by atoms with E-state index >= 15 is 0 Å². The Labute approximate surface area is 169 Å². The van der Waals surface area contributed by atoms with Crippen molar-refractivity contribution in [2.45, 2.75) is 77.9 Å². The Balaban J connectivity index is 2.42. The fourth-order valence-corrected chi connectivity index (χ4v) is 3.36. The van der Waals surface area contributed by atoms with Crippen LogP contribution in [-0.4, -0.2) is 40.8 Å². The van der Waals surface area contributed by atoms with E-state index in [1.807, 2.05) is 32.1 Å². The van der Waals surface area contributed by atoms with Crippen LogP contribution in [0, 0.1) is 11.8 Å². The van der Waals surface area contributed by atoms with Crippen molar-refractivity contribution >= 4 is 11.8 Å². The number of Topliss-reactive ketones (excluding diaryl/α,β-unsaturated/α-hetero) is 1. The second-order valence-corrected chi connectivity index (χ2v) is 7.78. The van der Waals surface area contributed by atoms with Crippen LogP contribution >= 0.6 is 0 Å². The average molecular weight is 393 g/mol. The van der Waals surface area contributed by atoms with Gasteiger partial charge in [0.15, 0.2) is 0 Å². The summed E-state index contributed by atoms with van der Waals surface area (Å²) in [5.74, 6) is -0.636. The molecule has 0 heterocycles. The lowest BCUT2D eigenvalue weighted by Gasteiger charge is -2.16. The number of allylic oxidation sites excluding steroid dienone is 4. The number of rotatable bonds is 12. The summed E-state index contributed by atoms with van der Waals surface area (Å²) < 4.78 is 4.89. The molecule has 28 heavy (non-hydrogen) atoms. The van der Waals surface area contributed by atoms with Gasteiger partial charge in [0.05, 0.1) is 18.8 Å². The summed E-state index contributed by atoms with van der Waals surface area (Å²) in [6.07, 6.45) is 13.3. The predicted molar refractivity (Wildman–Crippen MR) is 111 cm³/mol. The van der Waals surface area contributed by atoms with Crippen LogP contribution in [-0.2, 0) is 14.3 Å². The Morgan fingerprint density at radius 2 is 1.96 bits per heavy atom. The van der Waals surface area contributed by atoms with Gasteiger partial charge in [-0.25, -0.2) is 0 Å². The lowest BCUT2D eigenvalue weighted by molar-refractivity contribution is -0.141. The first-order valence-corrected chi connectivity index (χ1v) is 10.3. The molecule has 0 aliphatic heterocycles. The van der Waals surface area contributed by atoms with Gasteiger partial charge >= 0.3 is 5.97 Å². The van der Waals surface area contributed by atoms with Crippen LogP contribution in [0.2, 0.25) is 0 Å². The van der Waals surface area contributed by atoms with Crippen molar-refractivity contribution in [3.05, 3.63) is 36.0 Å². The Hall–Kier alpha value is -1.72. The smallest absolute Gasteiger partial charge is 0.302 e. The third kappa shape index (κ3) is 10.00. The fraction of sp³-hybridized carbons (Fsp3) is 0.652. The second-order valence-electron chi connectivity index (χ2n) is 7.78. The minimum atomic E-state index is -0.670. The van der Waals surface area contributed by atoms with Crippen molar-refractivity contribution in [2.24, 2.45) is 11.8 Å². The van der Waals surface area contributed by atoms with Crippen LogP contribution in [0.5, 0.6) is 0 Å². The molecule has 0 saturated heterocycles. The van der Waals surface area contributed by atoms with Crippen molar-refractivity contribution in [1.82, 2.24) is 0 Å². The SMILES string of the molecule is CC(=O)OCCCCC=CC[C@H]1C(=O)C[C@@H](O)[C@@H]1C=C[C@H](O)CCC=C(C)C.